The zero-order valence-electron chi connectivity index (χ0n) is 16.9. The van der Waals surface area contributed by atoms with Gasteiger partial charge in [-0.05, 0) is 43.0 Å². The molecule has 1 N–H and O–H groups in total. The van der Waals surface area contributed by atoms with Crippen molar-refractivity contribution in [3.63, 3.8) is 0 Å². The van der Waals surface area contributed by atoms with Crippen LogP contribution in [0.1, 0.15) is 30.9 Å². The maximum Gasteiger partial charge on any atom is 0.193 e. The molecule has 0 amide bonds. The van der Waals surface area contributed by atoms with Gasteiger partial charge in [-0.25, -0.2) is 0 Å². The number of piperidine rings is 1. The average Bonchev–Trinajstić information content (AvgIpc) is 2.75. The lowest BCUT2D eigenvalue weighted by Crippen LogP contribution is -2.46. The van der Waals surface area contributed by atoms with Crippen LogP contribution in [0.4, 0.5) is 0 Å². The minimum atomic E-state index is 0.391. The van der Waals surface area contributed by atoms with Gasteiger partial charge in [0.25, 0.3) is 0 Å². The molecule has 5 heteroatoms. The lowest BCUT2D eigenvalue weighted by Gasteiger charge is -2.34. The third-order valence-corrected chi connectivity index (χ3v) is 4.98. The van der Waals surface area contributed by atoms with Crippen LogP contribution in [-0.4, -0.2) is 43.7 Å². The number of hydrogen-bond donors (Lipinski definition) is 1. The predicted molar refractivity (Wildman–Crippen MR) is 114 cm³/mol. The summed E-state index contributed by atoms with van der Waals surface area (Å²) in [5.74, 6) is 1.84. The maximum atomic E-state index is 5.85. The van der Waals surface area contributed by atoms with Crippen LogP contribution in [0.2, 0.25) is 0 Å². The van der Waals surface area contributed by atoms with Gasteiger partial charge in [0.05, 0.1) is 6.10 Å². The summed E-state index contributed by atoms with van der Waals surface area (Å²) in [5, 5.41) is 3.47. The Bertz CT molecular complexity index is 723. The van der Waals surface area contributed by atoms with Crippen molar-refractivity contribution < 1.29 is 9.47 Å². The van der Waals surface area contributed by atoms with Crippen LogP contribution in [-0.2, 0) is 17.9 Å². The van der Waals surface area contributed by atoms with E-state index in [2.05, 4.69) is 46.4 Å². The number of nitrogens with one attached hydrogen (secondary N) is 1. The topological polar surface area (TPSA) is 46.1 Å². The Morgan fingerprint density at radius 2 is 1.75 bits per heavy atom. The maximum absolute atomic E-state index is 5.85. The molecule has 0 bridgehead atoms. The average molecular weight is 382 g/mol. The van der Waals surface area contributed by atoms with Gasteiger partial charge in [-0.2, -0.15) is 0 Å². The molecule has 1 fully saturated rings. The number of nitrogens with zero attached hydrogens (tertiary/aromatic N) is 2. The van der Waals surface area contributed by atoms with Crippen molar-refractivity contribution in [3.05, 3.63) is 65.7 Å². The molecule has 0 aromatic heterocycles. The Balaban J connectivity index is 1.44. The summed E-state index contributed by atoms with van der Waals surface area (Å²) < 4.78 is 11.6. The summed E-state index contributed by atoms with van der Waals surface area (Å²) in [7, 11) is 1.84. The second-order valence-corrected chi connectivity index (χ2v) is 6.96. The van der Waals surface area contributed by atoms with Crippen molar-refractivity contribution in [2.75, 3.05) is 26.7 Å². The van der Waals surface area contributed by atoms with Crippen molar-refractivity contribution >= 4 is 5.96 Å². The summed E-state index contributed by atoms with van der Waals surface area (Å²) in [6, 6.07) is 18.5. The lowest BCUT2D eigenvalue weighted by molar-refractivity contribution is 0.0263. The molecule has 28 heavy (non-hydrogen) atoms. The van der Waals surface area contributed by atoms with E-state index in [-0.39, 0.29) is 0 Å². The highest BCUT2D eigenvalue weighted by Crippen LogP contribution is 2.16. The molecule has 1 saturated heterocycles. The van der Waals surface area contributed by atoms with E-state index in [1.807, 2.05) is 37.4 Å². The number of likely N-dealkylation sites (tertiary alicyclic amines) is 1. The molecule has 0 atom stereocenters. The summed E-state index contributed by atoms with van der Waals surface area (Å²) in [5.41, 5.74) is 2.38. The molecule has 1 aliphatic rings. The molecule has 5 nitrogen and oxygen atoms in total. The van der Waals surface area contributed by atoms with E-state index in [0.717, 1.165) is 50.8 Å². The lowest BCUT2D eigenvalue weighted by atomic mass is 10.1. The first-order valence-electron chi connectivity index (χ1n) is 10.1. The van der Waals surface area contributed by atoms with Gasteiger partial charge in [-0.1, -0.05) is 42.5 Å². The van der Waals surface area contributed by atoms with E-state index >= 15 is 0 Å². The summed E-state index contributed by atoms with van der Waals surface area (Å²) in [6.45, 7) is 6.15. The highest BCUT2D eigenvalue weighted by molar-refractivity contribution is 5.79. The molecular weight excluding hydrogens is 350 g/mol. The number of hydrogen-bond acceptors (Lipinski definition) is 3. The second-order valence-electron chi connectivity index (χ2n) is 6.96. The van der Waals surface area contributed by atoms with Gasteiger partial charge in [0.1, 0.15) is 12.4 Å². The molecule has 1 aliphatic heterocycles. The van der Waals surface area contributed by atoms with Crippen LogP contribution in [0.3, 0.4) is 0 Å². The highest BCUT2D eigenvalue weighted by Gasteiger charge is 2.21. The van der Waals surface area contributed by atoms with E-state index in [0.29, 0.717) is 12.7 Å². The van der Waals surface area contributed by atoms with Crippen molar-refractivity contribution in [1.82, 2.24) is 10.2 Å². The van der Waals surface area contributed by atoms with Gasteiger partial charge in [0.15, 0.2) is 5.96 Å². The first-order chi connectivity index (χ1) is 13.8. The molecule has 2 aromatic rings. The van der Waals surface area contributed by atoms with E-state index in [9.17, 15) is 0 Å². The van der Waals surface area contributed by atoms with E-state index in [4.69, 9.17) is 9.47 Å². The van der Waals surface area contributed by atoms with Gasteiger partial charge in [0.2, 0.25) is 0 Å². The quantitative estimate of drug-likeness (QED) is 0.585. The third-order valence-electron chi connectivity index (χ3n) is 4.98. The first-order valence-corrected chi connectivity index (χ1v) is 10.1. The van der Waals surface area contributed by atoms with Crippen molar-refractivity contribution in [3.8, 4) is 5.75 Å². The van der Waals surface area contributed by atoms with Crippen molar-refractivity contribution in [2.45, 2.75) is 39.0 Å². The Hall–Kier alpha value is -2.53. The summed E-state index contributed by atoms with van der Waals surface area (Å²) in [4.78, 5) is 6.76. The van der Waals surface area contributed by atoms with Crippen LogP contribution in [0.15, 0.2) is 59.6 Å². The van der Waals surface area contributed by atoms with Gasteiger partial charge >= 0.3 is 0 Å². The van der Waals surface area contributed by atoms with E-state index in [1.54, 1.807) is 0 Å². The molecule has 150 valence electrons. The number of ether oxygens (including phenoxy) is 2. The Labute approximate surface area is 168 Å². The minimum Gasteiger partial charge on any atom is -0.489 e. The monoisotopic (exact) mass is 381 g/mol. The SMILES string of the molecule is CCOC1CCN(C(=NC)NCc2ccc(OCc3ccccc3)cc2)CC1. The van der Waals surface area contributed by atoms with Gasteiger partial charge in [-0.15, -0.1) is 0 Å². The largest absolute Gasteiger partial charge is 0.489 e. The standard InChI is InChI=1S/C23H31N3O2/c1-3-27-22-13-15-26(16-14-22)23(24-2)25-17-19-9-11-21(12-10-19)28-18-20-7-5-4-6-8-20/h4-12,22H,3,13-18H2,1-2H3,(H,24,25). The second kappa shape index (κ2) is 10.7. The fraction of sp³-hybridized carbons (Fsp3) is 0.435. The zero-order valence-corrected chi connectivity index (χ0v) is 16.9. The van der Waals surface area contributed by atoms with Gasteiger partial charge in [0, 0.05) is 33.3 Å². The Morgan fingerprint density at radius 1 is 1.04 bits per heavy atom. The third kappa shape index (κ3) is 5.99. The van der Waals surface area contributed by atoms with Crippen LogP contribution < -0.4 is 10.1 Å². The summed E-state index contributed by atoms with van der Waals surface area (Å²) in [6.07, 6.45) is 2.51. The fourth-order valence-corrected chi connectivity index (χ4v) is 3.43. The van der Waals surface area contributed by atoms with Crippen LogP contribution >= 0.6 is 0 Å². The summed E-state index contributed by atoms with van der Waals surface area (Å²) >= 11 is 0. The molecule has 2 aromatic carbocycles. The van der Waals surface area contributed by atoms with E-state index in [1.165, 1.54) is 11.1 Å². The number of aliphatic imine (C=N–C) groups is 1. The molecule has 1 heterocycles. The van der Waals surface area contributed by atoms with Crippen LogP contribution in [0, 0.1) is 0 Å². The zero-order chi connectivity index (χ0) is 19.6. The molecule has 0 unspecified atom stereocenters. The molecular formula is C23H31N3O2. The molecule has 0 radical (unpaired) electrons. The first kappa shape index (κ1) is 20.2. The minimum absolute atomic E-state index is 0.391. The number of benzene rings is 2. The predicted octanol–water partition coefficient (Wildman–Crippen LogP) is 3.84. The van der Waals surface area contributed by atoms with Crippen LogP contribution in [0.5, 0.6) is 5.75 Å². The van der Waals surface area contributed by atoms with Crippen molar-refractivity contribution in [2.24, 2.45) is 4.99 Å². The molecule has 0 spiro atoms. The normalized spacial score (nSPS) is 15.5. The molecule has 0 aliphatic carbocycles. The van der Waals surface area contributed by atoms with Crippen LogP contribution in [0.25, 0.3) is 0 Å². The molecule has 3 rings (SSSR count). The fourth-order valence-electron chi connectivity index (χ4n) is 3.43. The number of guanidine groups is 1. The highest BCUT2D eigenvalue weighted by atomic mass is 16.5. The van der Waals surface area contributed by atoms with Gasteiger partial charge in [-0.3, -0.25) is 4.99 Å². The smallest absolute Gasteiger partial charge is 0.193 e. The Kier molecular flexibility index (Phi) is 7.73. The molecule has 0 saturated carbocycles. The van der Waals surface area contributed by atoms with E-state index < -0.39 is 0 Å². The number of rotatable bonds is 7. The Morgan fingerprint density at radius 3 is 2.39 bits per heavy atom. The van der Waals surface area contributed by atoms with Gasteiger partial charge < -0.3 is 19.7 Å². The van der Waals surface area contributed by atoms with Crippen molar-refractivity contribution in [1.29, 1.82) is 0 Å².